The quantitative estimate of drug-likeness (QED) is 0.215. The van der Waals surface area contributed by atoms with Gasteiger partial charge in [0.2, 0.25) is 0 Å². The van der Waals surface area contributed by atoms with E-state index in [1.165, 1.54) is 0 Å². The fraction of sp³-hybridized carbons (Fsp3) is 0. The smallest absolute Gasteiger partial charge is 0.140 e. The van der Waals surface area contributed by atoms with Crippen LogP contribution in [0, 0.1) is 22.7 Å². The fourth-order valence-corrected chi connectivity index (χ4v) is 6.50. The van der Waals surface area contributed by atoms with Crippen molar-refractivity contribution in [3.63, 3.8) is 0 Å². The molecule has 0 atom stereocenters. The first-order chi connectivity index (χ1) is 21.2. The van der Waals surface area contributed by atoms with Crippen molar-refractivity contribution in [3.8, 4) is 23.8 Å². The standard InChI is InChI=1S/C37H19N5O/c38-20-22-12-14-31-26(16-22)27-17-23(21-39)13-15-32(27)41(31)36-10-5-11-37(40-36)42-30-8-3-1-6-24(30)28-18-29-25-7-2-4-9-34(25)43-35(29)19-33(28)42/h1-19H. The van der Waals surface area contributed by atoms with Crippen molar-refractivity contribution < 1.29 is 4.42 Å². The molecule has 5 aromatic carbocycles. The molecule has 6 nitrogen and oxygen atoms in total. The number of hydrogen-bond donors (Lipinski definition) is 0. The average molecular weight is 550 g/mol. The van der Waals surface area contributed by atoms with Gasteiger partial charge in [-0.1, -0.05) is 42.5 Å². The Morgan fingerprint density at radius 3 is 1.74 bits per heavy atom. The highest BCUT2D eigenvalue weighted by Gasteiger charge is 2.19. The maximum Gasteiger partial charge on any atom is 0.140 e. The van der Waals surface area contributed by atoms with Crippen LogP contribution >= 0.6 is 0 Å². The van der Waals surface area contributed by atoms with Gasteiger partial charge in [-0.15, -0.1) is 0 Å². The van der Waals surface area contributed by atoms with Crippen molar-refractivity contribution in [1.82, 2.24) is 14.1 Å². The van der Waals surface area contributed by atoms with Crippen molar-refractivity contribution >= 4 is 65.6 Å². The molecule has 0 spiro atoms. The Labute approximate surface area is 244 Å². The highest BCUT2D eigenvalue weighted by atomic mass is 16.3. The zero-order valence-electron chi connectivity index (χ0n) is 22.6. The molecule has 0 unspecified atom stereocenters. The SMILES string of the molecule is N#Cc1ccc2c(c1)c1cc(C#N)ccc1n2-c1cccc(-n2c3ccccc3c3cc4c(cc32)oc2ccccc24)n1. The molecule has 0 N–H and O–H groups in total. The lowest BCUT2D eigenvalue weighted by Gasteiger charge is -2.11. The van der Waals surface area contributed by atoms with E-state index in [0.29, 0.717) is 11.1 Å². The molecule has 43 heavy (non-hydrogen) atoms. The molecule has 0 amide bonds. The van der Waals surface area contributed by atoms with Gasteiger partial charge in [0.25, 0.3) is 0 Å². The van der Waals surface area contributed by atoms with Gasteiger partial charge in [0.1, 0.15) is 22.8 Å². The minimum Gasteiger partial charge on any atom is -0.456 e. The number of benzene rings is 5. The number of pyridine rings is 1. The molecule has 0 aliphatic carbocycles. The van der Waals surface area contributed by atoms with E-state index in [1.54, 1.807) is 0 Å². The Morgan fingerprint density at radius 1 is 0.465 bits per heavy atom. The van der Waals surface area contributed by atoms with E-state index in [2.05, 4.69) is 57.7 Å². The molecule has 9 rings (SSSR count). The first-order valence-electron chi connectivity index (χ1n) is 13.9. The summed E-state index contributed by atoms with van der Waals surface area (Å²) >= 11 is 0. The molecule has 9 aromatic rings. The summed E-state index contributed by atoms with van der Waals surface area (Å²) in [6, 6.07) is 42.7. The first-order valence-corrected chi connectivity index (χ1v) is 13.9. The van der Waals surface area contributed by atoms with Gasteiger partial charge in [-0.2, -0.15) is 10.5 Å². The molecule has 0 saturated heterocycles. The second-order valence-corrected chi connectivity index (χ2v) is 10.7. The summed E-state index contributed by atoms with van der Waals surface area (Å²) in [6.45, 7) is 0. The van der Waals surface area contributed by atoms with Gasteiger partial charge in [-0.25, -0.2) is 4.98 Å². The normalized spacial score (nSPS) is 11.7. The lowest BCUT2D eigenvalue weighted by atomic mass is 10.1. The molecule has 6 heteroatoms. The molecular formula is C37H19N5O. The van der Waals surface area contributed by atoms with Crippen molar-refractivity contribution in [2.45, 2.75) is 0 Å². The van der Waals surface area contributed by atoms with Crippen LogP contribution in [0.5, 0.6) is 0 Å². The van der Waals surface area contributed by atoms with E-state index in [-0.39, 0.29) is 0 Å². The highest BCUT2D eigenvalue weighted by Crippen LogP contribution is 2.38. The van der Waals surface area contributed by atoms with Crippen molar-refractivity contribution in [1.29, 1.82) is 10.5 Å². The topological polar surface area (TPSA) is 83.5 Å². The molecule has 4 aromatic heterocycles. The van der Waals surface area contributed by atoms with Crippen LogP contribution in [0.1, 0.15) is 11.1 Å². The van der Waals surface area contributed by atoms with Crippen LogP contribution in [0.15, 0.2) is 120 Å². The van der Waals surface area contributed by atoms with Gasteiger partial charge in [0, 0.05) is 38.4 Å². The second-order valence-electron chi connectivity index (χ2n) is 10.7. The summed E-state index contributed by atoms with van der Waals surface area (Å²) in [6.07, 6.45) is 0. The van der Waals surface area contributed by atoms with E-state index in [1.807, 2.05) is 78.9 Å². The number of nitriles is 2. The van der Waals surface area contributed by atoms with Gasteiger partial charge in [0.05, 0.1) is 45.3 Å². The van der Waals surface area contributed by atoms with E-state index in [0.717, 1.165) is 77.2 Å². The number of para-hydroxylation sites is 2. The Hall–Kier alpha value is -6.37. The number of hydrogen-bond acceptors (Lipinski definition) is 4. The third kappa shape index (κ3) is 3.23. The number of furan rings is 1. The molecular weight excluding hydrogens is 530 g/mol. The summed E-state index contributed by atoms with van der Waals surface area (Å²) in [5.41, 5.74) is 6.73. The zero-order valence-corrected chi connectivity index (χ0v) is 22.6. The summed E-state index contributed by atoms with van der Waals surface area (Å²) in [7, 11) is 0. The van der Waals surface area contributed by atoms with Crippen molar-refractivity contribution in [3.05, 3.63) is 126 Å². The summed E-state index contributed by atoms with van der Waals surface area (Å²) in [5.74, 6) is 1.51. The lowest BCUT2D eigenvalue weighted by molar-refractivity contribution is 0.669. The molecule has 0 radical (unpaired) electrons. The minimum absolute atomic E-state index is 0.567. The van der Waals surface area contributed by atoms with E-state index >= 15 is 0 Å². The maximum atomic E-state index is 9.59. The first kappa shape index (κ1) is 23.3. The molecule has 0 fully saturated rings. The third-order valence-corrected chi connectivity index (χ3v) is 8.37. The van der Waals surface area contributed by atoms with Gasteiger partial charge in [-0.05, 0) is 66.7 Å². The van der Waals surface area contributed by atoms with Crippen LogP contribution in [0.2, 0.25) is 0 Å². The highest BCUT2D eigenvalue weighted by molar-refractivity contribution is 6.17. The van der Waals surface area contributed by atoms with Crippen molar-refractivity contribution in [2.75, 3.05) is 0 Å². The number of rotatable bonds is 2. The monoisotopic (exact) mass is 549 g/mol. The Bertz CT molecular complexity index is 2640. The van der Waals surface area contributed by atoms with Crippen LogP contribution in [-0.4, -0.2) is 14.1 Å². The van der Waals surface area contributed by atoms with Crippen molar-refractivity contribution in [2.24, 2.45) is 0 Å². The van der Waals surface area contributed by atoms with Gasteiger partial charge >= 0.3 is 0 Å². The van der Waals surface area contributed by atoms with Crippen LogP contribution < -0.4 is 0 Å². The Morgan fingerprint density at radius 2 is 1.05 bits per heavy atom. The summed E-state index contributed by atoms with van der Waals surface area (Å²) < 4.78 is 10.6. The van der Waals surface area contributed by atoms with Crippen LogP contribution in [0.25, 0.3) is 77.2 Å². The number of fused-ring (bicyclic) bond motifs is 9. The van der Waals surface area contributed by atoms with Crippen LogP contribution in [0.4, 0.5) is 0 Å². The largest absolute Gasteiger partial charge is 0.456 e. The van der Waals surface area contributed by atoms with E-state index in [9.17, 15) is 10.5 Å². The number of nitrogens with zero attached hydrogens (tertiary/aromatic N) is 5. The molecule has 0 aliphatic heterocycles. The van der Waals surface area contributed by atoms with Gasteiger partial charge in [-0.3, -0.25) is 9.13 Å². The third-order valence-electron chi connectivity index (χ3n) is 8.37. The Kier molecular flexibility index (Phi) is 4.65. The molecule has 198 valence electrons. The molecule has 0 bridgehead atoms. The van der Waals surface area contributed by atoms with Crippen LogP contribution in [0.3, 0.4) is 0 Å². The van der Waals surface area contributed by atoms with E-state index < -0.39 is 0 Å². The minimum atomic E-state index is 0.567. The maximum absolute atomic E-state index is 9.59. The predicted octanol–water partition coefficient (Wildman–Crippen LogP) is 8.92. The Balaban J connectivity index is 1.34. The fourth-order valence-electron chi connectivity index (χ4n) is 6.50. The summed E-state index contributed by atoms with van der Waals surface area (Å²) in [4.78, 5) is 5.23. The van der Waals surface area contributed by atoms with Gasteiger partial charge < -0.3 is 4.42 Å². The lowest BCUT2D eigenvalue weighted by Crippen LogP contribution is -2.03. The molecule has 4 heterocycles. The zero-order chi connectivity index (χ0) is 28.7. The molecule has 0 aliphatic rings. The number of aromatic nitrogens is 3. The summed E-state index contributed by atoms with van der Waals surface area (Å²) in [5, 5.41) is 25.4. The van der Waals surface area contributed by atoms with E-state index in [4.69, 9.17) is 9.40 Å². The van der Waals surface area contributed by atoms with Crippen LogP contribution in [-0.2, 0) is 0 Å². The van der Waals surface area contributed by atoms with Gasteiger partial charge in [0.15, 0.2) is 0 Å². The predicted molar refractivity (Wildman–Crippen MR) is 170 cm³/mol. The molecule has 0 saturated carbocycles. The average Bonchev–Trinajstić information content (AvgIpc) is 3.70. The second kappa shape index (κ2) is 8.57.